The molecule has 0 bridgehead atoms. The van der Waals surface area contributed by atoms with Gasteiger partial charge in [-0.25, -0.2) is 0 Å². The number of hydrogen-bond acceptors (Lipinski definition) is 5. The van der Waals surface area contributed by atoms with Gasteiger partial charge < -0.3 is 20.4 Å². The van der Waals surface area contributed by atoms with E-state index in [1.165, 1.54) is 12.1 Å². The van der Waals surface area contributed by atoms with Crippen LogP contribution in [0.5, 0.6) is 11.5 Å². The van der Waals surface area contributed by atoms with Crippen molar-refractivity contribution in [2.75, 3.05) is 0 Å². The number of aromatic hydroxyl groups is 2. The number of carbonyl (C=O) groups is 1. The summed E-state index contributed by atoms with van der Waals surface area (Å²) >= 11 is 0. The van der Waals surface area contributed by atoms with Crippen LogP contribution in [0.25, 0.3) is 10.8 Å². The summed E-state index contributed by atoms with van der Waals surface area (Å²) in [7, 11) is 0. The zero-order chi connectivity index (χ0) is 14.6. The largest absolute Gasteiger partial charge is 0.508 e. The molecule has 4 N–H and O–H groups in total. The lowest BCUT2D eigenvalue weighted by Crippen LogP contribution is -2.30. The third-order valence-electron chi connectivity index (χ3n) is 3.78. The molecule has 0 radical (unpaired) electrons. The lowest BCUT2D eigenvalue weighted by Gasteiger charge is -2.26. The van der Waals surface area contributed by atoms with E-state index in [1.807, 2.05) is 0 Å². The Morgan fingerprint density at radius 3 is 2.50 bits per heavy atom. The molecule has 0 aliphatic heterocycles. The van der Waals surface area contributed by atoms with Crippen LogP contribution in [0.4, 0.5) is 0 Å². The molecule has 2 aromatic rings. The minimum absolute atomic E-state index is 0.0301. The normalized spacial score (nSPS) is 22.1. The summed E-state index contributed by atoms with van der Waals surface area (Å²) in [5, 5.41) is 40.6. The van der Waals surface area contributed by atoms with Crippen molar-refractivity contribution in [3.05, 3.63) is 34.9 Å². The fourth-order valence-electron chi connectivity index (χ4n) is 2.87. The van der Waals surface area contributed by atoms with Gasteiger partial charge in [-0.05, 0) is 41.6 Å². The highest BCUT2D eigenvalue weighted by Crippen LogP contribution is 2.42. The van der Waals surface area contributed by atoms with Gasteiger partial charge in [0.05, 0.1) is 11.7 Å². The summed E-state index contributed by atoms with van der Waals surface area (Å²) < 4.78 is 0. The van der Waals surface area contributed by atoms with Crippen molar-refractivity contribution >= 4 is 16.6 Å². The first-order valence-electron chi connectivity index (χ1n) is 6.29. The number of phenols is 2. The second-order valence-electron chi connectivity index (χ2n) is 5.18. The maximum atomic E-state index is 12.0. The van der Waals surface area contributed by atoms with Gasteiger partial charge in [0, 0.05) is 11.8 Å². The van der Waals surface area contributed by atoms with Gasteiger partial charge in [0.15, 0.2) is 5.78 Å². The third kappa shape index (κ3) is 1.67. The summed E-state index contributed by atoms with van der Waals surface area (Å²) in [5.74, 6) is -0.791. The topological polar surface area (TPSA) is 98.0 Å². The zero-order valence-electron chi connectivity index (χ0n) is 10.8. The standard InChI is InChI=1S/C15H14O5/c1-6-2-8(16)3-7-4-9-10(17)5-11(18)14(19)13(9)15(20)12(6)7/h2-4,10-11,16-18,20H,5H2,1H3/t10-,11-/m0/s1. The monoisotopic (exact) mass is 274 g/mol. The number of phenolic OH excluding ortho intramolecular Hbond substituents is 2. The highest BCUT2D eigenvalue weighted by molar-refractivity contribution is 6.09. The fraction of sp³-hybridized carbons (Fsp3) is 0.267. The number of carbonyl (C=O) groups excluding carboxylic acids is 1. The van der Waals surface area contributed by atoms with E-state index in [9.17, 15) is 25.2 Å². The number of aliphatic hydroxyl groups is 2. The molecule has 1 aliphatic rings. The van der Waals surface area contributed by atoms with Crippen molar-refractivity contribution in [2.45, 2.75) is 25.6 Å². The second kappa shape index (κ2) is 4.19. The molecule has 0 aromatic heterocycles. The van der Waals surface area contributed by atoms with Crippen LogP contribution in [-0.2, 0) is 0 Å². The minimum Gasteiger partial charge on any atom is -0.508 e. The van der Waals surface area contributed by atoms with Gasteiger partial charge in [-0.3, -0.25) is 4.79 Å². The maximum absolute atomic E-state index is 12.0. The quantitative estimate of drug-likeness (QED) is 0.584. The molecule has 0 amide bonds. The number of aryl methyl sites for hydroxylation is 1. The van der Waals surface area contributed by atoms with Crippen molar-refractivity contribution in [1.29, 1.82) is 0 Å². The van der Waals surface area contributed by atoms with E-state index in [4.69, 9.17) is 0 Å². The van der Waals surface area contributed by atoms with Crippen LogP contribution in [-0.4, -0.2) is 32.3 Å². The first-order chi connectivity index (χ1) is 9.40. The first-order valence-corrected chi connectivity index (χ1v) is 6.29. The van der Waals surface area contributed by atoms with E-state index in [0.29, 0.717) is 16.3 Å². The van der Waals surface area contributed by atoms with Crippen LogP contribution in [0.2, 0.25) is 0 Å². The third-order valence-corrected chi connectivity index (χ3v) is 3.78. The molecular formula is C15H14O5. The summed E-state index contributed by atoms with van der Waals surface area (Å²) in [6.45, 7) is 1.70. The van der Waals surface area contributed by atoms with E-state index in [-0.39, 0.29) is 29.0 Å². The summed E-state index contributed by atoms with van der Waals surface area (Å²) in [6.07, 6.45) is -2.41. The molecule has 2 atom stereocenters. The molecule has 5 nitrogen and oxygen atoms in total. The lowest BCUT2D eigenvalue weighted by atomic mass is 9.83. The van der Waals surface area contributed by atoms with Crippen LogP contribution in [0.15, 0.2) is 18.2 Å². The van der Waals surface area contributed by atoms with E-state index >= 15 is 0 Å². The molecule has 0 unspecified atom stereocenters. The van der Waals surface area contributed by atoms with Gasteiger partial charge in [0.1, 0.15) is 17.6 Å². The Morgan fingerprint density at radius 1 is 1.10 bits per heavy atom. The molecule has 20 heavy (non-hydrogen) atoms. The van der Waals surface area contributed by atoms with Crippen LogP contribution < -0.4 is 0 Å². The average Bonchev–Trinajstić information content (AvgIpc) is 2.34. The fourth-order valence-corrected chi connectivity index (χ4v) is 2.87. The lowest BCUT2D eigenvalue weighted by molar-refractivity contribution is 0.0481. The Morgan fingerprint density at radius 2 is 1.80 bits per heavy atom. The summed E-state index contributed by atoms with van der Waals surface area (Å²) in [5.41, 5.74) is 0.871. The first kappa shape index (κ1) is 12.9. The van der Waals surface area contributed by atoms with E-state index in [2.05, 4.69) is 0 Å². The van der Waals surface area contributed by atoms with Crippen molar-refractivity contribution in [1.82, 2.24) is 0 Å². The van der Waals surface area contributed by atoms with Crippen molar-refractivity contribution < 1.29 is 25.2 Å². The Hall–Kier alpha value is -2.11. The molecule has 0 spiro atoms. The molecule has 0 fully saturated rings. The number of fused-ring (bicyclic) bond motifs is 2. The van der Waals surface area contributed by atoms with Gasteiger partial charge in [0.2, 0.25) is 0 Å². The molecule has 0 saturated heterocycles. The molecule has 5 heteroatoms. The van der Waals surface area contributed by atoms with Gasteiger partial charge in [-0.1, -0.05) is 0 Å². The highest BCUT2D eigenvalue weighted by Gasteiger charge is 2.34. The molecule has 0 saturated carbocycles. The molecule has 0 heterocycles. The number of Topliss-reactive ketones (excluding diaryl/α,β-unsaturated/α-hetero) is 1. The van der Waals surface area contributed by atoms with Gasteiger partial charge in [-0.2, -0.15) is 0 Å². The van der Waals surface area contributed by atoms with E-state index in [0.717, 1.165) is 0 Å². The van der Waals surface area contributed by atoms with Gasteiger partial charge in [0.25, 0.3) is 0 Å². The molecule has 1 aliphatic carbocycles. The maximum Gasteiger partial charge on any atom is 0.195 e. The van der Waals surface area contributed by atoms with Crippen LogP contribution in [0, 0.1) is 6.92 Å². The molecule has 104 valence electrons. The predicted octanol–water partition coefficient (Wildman–Crippen LogP) is 1.54. The van der Waals surface area contributed by atoms with Crippen molar-refractivity contribution in [3.8, 4) is 11.5 Å². The number of rotatable bonds is 0. The Labute approximate surface area is 114 Å². The van der Waals surface area contributed by atoms with Crippen LogP contribution >= 0.6 is 0 Å². The van der Waals surface area contributed by atoms with Crippen LogP contribution in [0.1, 0.15) is 34.0 Å². The zero-order valence-corrected chi connectivity index (χ0v) is 10.8. The Balaban J connectivity index is 2.43. The van der Waals surface area contributed by atoms with Gasteiger partial charge >= 0.3 is 0 Å². The Bertz CT molecular complexity index is 735. The number of ketones is 1. The van der Waals surface area contributed by atoms with E-state index in [1.54, 1.807) is 13.0 Å². The smallest absolute Gasteiger partial charge is 0.195 e. The predicted molar refractivity (Wildman–Crippen MR) is 71.9 cm³/mol. The number of aliphatic hydroxyl groups excluding tert-OH is 2. The van der Waals surface area contributed by atoms with E-state index < -0.39 is 18.0 Å². The van der Waals surface area contributed by atoms with Crippen LogP contribution in [0.3, 0.4) is 0 Å². The SMILES string of the molecule is Cc1cc(O)cc2cc3c(c(O)c12)C(=O)[C@@H](O)C[C@@H]3O. The number of benzene rings is 2. The van der Waals surface area contributed by atoms with Crippen molar-refractivity contribution in [2.24, 2.45) is 0 Å². The summed E-state index contributed by atoms with van der Waals surface area (Å²) in [6, 6.07) is 4.52. The minimum atomic E-state index is -1.31. The molecular weight excluding hydrogens is 260 g/mol. The molecule has 3 rings (SSSR count). The second-order valence-corrected chi connectivity index (χ2v) is 5.18. The van der Waals surface area contributed by atoms with Gasteiger partial charge in [-0.15, -0.1) is 0 Å². The number of hydrogen-bond donors (Lipinski definition) is 4. The molecule has 2 aromatic carbocycles. The Kier molecular flexibility index (Phi) is 2.70. The van der Waals surface area contributed by atoms with Crippen molar-refractivity contribution in [3.63, 3.8) is 0 Å². The highest BCUT2D eigenvalue weighted by atomic mass is 16.3. The summed E-state index contributed by atoms with van der Waals surface area (Å²) in [4.78, 5) is 12.0. The average molecular weight is 274 g/mol.